The van der Waals surface area contributed by atoms with Crippen molar-refractivity contribution in [3.63, 3.8) is 0 Å². The van der Waals surface area contributed by atoms with Crippen LogP contribution in [0.3, 0.4) is 0 Å². The van der Waals surface area contributed by atoms with Crippen molar-refractivity contribution in [3.05, 3.63) is 81.2 Å². The monoisotopic (exact) mass is 413 g/mol. The van der Waals surface area contributed by atoms with E-state index in [-0.39, 0.29) is 22.1 Å². The molecule has 0 radical (unpaired) electrons. The maximum absolute atomic E-state index is 13.4. The van der Waals surface area contributed by atoms with Crippen LogP contribution in [0.4, 0.5) is 5.69 Å². The highest BCUT2D eigenvalue weighted by Crippen LogP contribution is 2.47. The summed E-state index contributed by atoms with van der Waals surface area (Å²) in [6.45, 7) is 3.73. The van der Waals surface area contributed by atoms with Crippen molar-refractivity contribution in [2.24, 2.45) is 7.05 Å². The summed E-state index contributed by atoms with van der Waals surface area (Å²) in [7, 11) is 1.83. The number of thioether (sulfide) groups is 1. The van der Waals surface area contributed by atoms with Crippen LogP contribution in [0, 0.1) is 6.92 Å². The van der Waals surface area contributed by atoms with E-state index in [0.717, 1.165) is 16.9 Å². The molecule has 1 fully saturated rings. The Bertz CT molecular complexity index is 1110. The Morgan fingerprint density at radius 2 is 1.64 bits per heavy atom. The minimum absolute atomic E-state index is 0.0825. The Hall–Kier alpha value is -2.44. The molecule has 2 heterocycles. The molecule has 0 bridgehead atoms. The summed E-state index contributed by atoms with van der Waals surface area (Å²) >= 11 is 7.93. The van der Waals surface area contributed by atoms with Crippen LogP contribution >= 0.6 is 23.4 Å². The average Bonchev–Trinajstić information content (AvgIpc) is 3.09. The molecule has 1 aromatic heterocycles. The molecule has 2 atom stereocenters. The molecule has 0 aliphatic carbocycles. The molecular formula is C21H20ClN3O2S. The Morgan fingerprint density at radius 1 is 1.00 bits per heavy atom. The third-order valence-electron chi connectivity index (χ3n) is 5.09. The van der Waals surface area contributed by atoms with Gasteiger partial charge in [-0.3, -0.25) is 19.2 Å². The molecule has 1 aliphatic rings. The first-order valence-electron chi connectivity index (χ1n) is 8.98. The second kappa shape index (κ2) is 7.18. The van der Waals surface area contributed by atoms with Crippen molar-refractivity contribution in [1.29, 1.82) is 0 Å². The maximum Gasteiger partial charge on any atom is 0.295 e. The zero-order valence-electron chi connectivity index (χ0n) is 15.8. The number of carbonyl (C=O) groups excluding carboxylic acids is 1. The van der Waals surface area contributed by atoms with Crippen LogP contribution < -0.4 is 10.5 Å². The number of carbonyl (C=O) groups is 1. The number of halogens is 1. The fourth-order valence-electron chi connectivity index (χ4n) is 3.57. The molecule has 0 saturated carbocycles. The Morgan fingerprint density at radius 3 is 2.32 bits per heavy atom. The Kier molecular flexibility index (Phi) is 4.85. The van der Waals surface area contributed by atoms with Crippen molar-refractivity contribution in [2.75, 3.05) is 4.90 Å². The predicted molar refractivity (Wildman–Crippen MR) is 114 cm³/mol. The molecule has 4 rings (SSSR count). The van der Waals surface area contributed by atoms with Gasteiger partial charge in [0.15, 0.2) is 0 Å². The quantitative estimate of drug-likeness (QED) is 0.643. The van der Waals surface area contributed by atoms with Gasteiger partial charge in [-0.1, -0.05) is 48.0 Å². The lowest BCUT2D eigenvalue weighted by Gasteiger charge is -2.23. The number of aromatic nitrogens is 2. The fourth-order valence-corrected chi connectivity index (χ4v) is 5.17. The second-order valence-corrected chi connectivity index (χ2v) is 8.60. The Labute approximate surface area is 172 Å². The molecule has 0 spiro atoms. The zero-order valence-corrected chi connectivity index (χ0v) is 17.4. The van der Waals surface area contributed by atoms with Gasteiger partial charge in [-0.15, -0.1) is 11.8 Å². The van der Waals surface area contributed by atoms with Crippen LogP contribution in [0.5, 0.6) is 0 Å². The summed E-state index contributed by atoms with van der Waals surface area (Å²) in [5, 5.41) is -0.0106. The molecule has 7 heteroatoms. The van der Waals surface area contributed by atoms with Gasteiger partial charge in [0.25, 0.3) is 5.56 Å². The first kappa shape index (κ1) is 18.9. The van der Waals surface area contributed by atoms with Gasteiger partial charge in [-0.25, -0.2) is 4.68 Å². The SMILES string of the molecule is Cc1c(N2C(=O)[C@@H](C)S[C@H]2c2ccccc2Cl)c(=O)n(-c2ccccc2)n1C. The third kappa shape index (κ3) is 2.88. The molecule has 28 heavy (non-hydrogen) atoms. The van der Waals surface area contributed by atoms with E-state index in [1.807, 2.05) is 75.5 Å². The van der Waals surface area contributed by atoms with Crippen LogP contribution in [0.25, 0.3) is 5.69 Å². The minimum Gasteiger partial charge on any atom is -0.288 e. The molecule has 1 saturated heterocycles. The van der Waals surface area contributed by atoms with Crippen LogP contribution in [0.15, 0.2) is 59.4 Å². The average molecular weight is 414 g/mol. The summed E-state index contributed by atoms with van der Waals surface area (Å²) in [4.78, 5) is 28.1. The number of hydrogen-bond acceptors (Lipinski definition) is 3. The lowest BCUT2D eigenvalue weighted by atomic mass is 10.2. The normalized spacial score (nSPS) is 19.4. The number of para-hydroxylation sites is 1. The summed E-state index contributed by atoms with van der Waals surface area (Å²) in [5.41, 5.74) is 2.50. The number of nitrogens with zero attached hydrogens (tertiary/aromatic N) is 3. The predicted octanol–water partition coefficient (Wildman–Crippen LogP) is 4.30. The number of hydrogen-bond donors (Lipinski definition) is 0. The maximum atomic E-state index is 13.4. The fraction of sp³-hybridized carbons (Fsp3) is 0.238. The van der Waals surface area contributed by atoms with E-state index in [9.17, 15) is 9.59 Å². The summed E-state index contributed by atoms with van der Waals surface area (Å²) in [6, 6.07) is 16.9. The smallest absolute Gasteiger partial charge is 0.288 e. The molecule has 2 aromatic carbocycles. The van der Waals surface area contributed by atoms with E-state index < -0.39 is 0 Å². The molecule has 144 valence electrons. The Balaban J connectivity index is 1.91. The largest absolute Gasteiger partial charge is 0.295 e. The molecule has 5 nitrogen and oxygen atoms in total. The van der Waals surface area contributed by atoms with Gasteiger partial charge in [0.2, 0.25) is 5.91 Å². The zero-order chi connectivity index (χ0) is 20.0. The molecule has 3 aromatic rings. The number of benzene rings is 2. The summed E-state index contributed by atoms with van der Waals surface area (Å²) in [5.74, 6) is -0.0825. The summed E-state index contributed by atoms with van der Waals surface area (Å²) < 4.78 is 3.38. The van der Waals surface area contributed by atoms with Crippen molar-refractivity contribution in [1.82, 2.24) is 9.36 Å². The van der Waals surface area contributed by atoms with Crippen molar-refractivity contribution in [2.45, 2.75) is 24.5 Å². The highest BCUT2D eigenvalue weighted by Gasteiger charge is 2.43. The number of anilines is 1. The van der Waals surface area contributed by atoms with Crippen LogP contribution in [0.1, 0.15) is 23.6 Å². The highest BCUT2D eigenvalue weighted by molar-refractivity contribution is 8.01. The van der Waals surface area contributed by atoms with Crippen LogP contribution in [-0.4, -0.2) is 20.5 Å². The lowest BCUT2D eigenvalue weighted by molar-refractivity contribution is -0.117. The van der Waals surface area contributed by atoms with Crippen molar-refractivity contribution >= 4 is 35.0 Å². The van der Waals surface area contributed by atoms with E-state index >= 15 is 0 Å². The molecule has 1 amide bonds. The number of amides is 1. The highest BCUT2D eigenvalue weighted by atomic mass is 35.5. The van der Waals surface area contributed by atoms with Crippen LogP contribution in [0.2, 0.25) is 5.02 Å². The third-order valence-corrected chi connectivity index (χ3v) is 6.77. The molecule has 0 N–H and O–H groups in total. The van der Waals surface area contributed by atoms with Gasteiger partial charge in [-0.2, -0.15) is 0 Å². The van der Waals surface area contributed by atoms with Crippen molar-refractivity contribution < 1.29 is 4.79 Å². The summed E-state index contributed by atoms with van der Waals surface area (Å²) in [6.07, 6.45) is 0. The number of rotatable bonds is 3. The lowest BCUT2D eigenvalue weighted by Crippen LogP contribution is -2.34. The van der Waals surface area contributed by atoms with Gasteiger partial charge >= 0.3 is 0 Å². The van der Waals surface area contributed by atoms with E-state index in [1.165, 1.54) is 11.8 Å². The van der Waals surface area contributed by atoms with Gasteiger partial charge in [0, 0.05) is 17.6 Å². The van der Waals surface area contributed by atoms with E-state index in [2.05, 4.69) is 0 Å². The van der Waals surface area contributed by atoms with Crippen LogP contribution in [-0.2, 0) is 11.8 Å². The first-order valence-corrected chi connectivity index (χ1v) is 10.3. The van der Waals surface area contributed by atoms with E-state index in [0.29, 0.717) is 10.7 Å². The van der Waals surface area contributed by atoms with Gasteiger partial charge < -0.3 is 0 Å². The van der Waals surface area contributed by atoms with Gasteiger partial charge in [0.05, 0.1) is 16.6 Å². The minimum atomic E-state index is -0.339. The standard InChI is InChI=1S/C21H20ClN3O2S/c1-13-18(20(27)25(23(13)3)15-9-5-4-6-10-15)24-19(26)14(2)28-21(24)16-11-7-8-12-17(16)22/h4-12,14,21H,1-3H3/t14-,21+/m1/s1. The van der Waals surface area contributed by atoms with E-state index in [4.69, 9.17) is 11.6 Å². The van der Waals surface area contributed by atoms with Gasteiger partial charge in [0.1, 0.15) is 11.1 Å². The first-order chi connectivity index (χ1) is 13.4. The molecule has 1 aliphatic heterocycles. The molecule has 0 unspecified atom stereocenters. The van der Waals surface area contributed by atoms with Crippen molar-refractivity contribution in [3.8, 4) is 5.69 Å². The van der Waals surface area contributed by atoms with E-state index in [1.54, 1.807) is 14.3 Å². The topological polar surface area (TPSA) is 47.2 Å². The molecular weight excluding hydrogens is 394 g/mol. The van der Waals surface area contributed by atoms with Gasteiger partial charge in [-0.05, 0) is 32.0 Å². The second-order valence-electron chi connectivity index (χ2n) is 6.77.